The molecule has 1 aromatic carbocycles. The summed E-state index contributed by atoms with van der Waals surface area (Å²) in [7, 11) is 0. The Bertz CT molecular complexity index is 329. The number of nitrogens with zero attached hydrogens (tertiary/aromatic N) is 2. The minimum atomic E-state index is -0.00562. The minimum Gasteiger partial charge on any atom is -0.395 e. The van der Waals surface area contributed by atoms with E-state index in [1.54, 1.807) is 0 Å². The number of hydrogen-bond acceptors (Lipinski definition) is 6. The number of hydrogen-bond donors (Lipinski definition) is 4. The van der Waals surface area contributed by atoms with Crippen LogP contribution in [0.5, 0.6) is 0 Å². The molecule has 0 spiro atoms. The lowest BCUT2D eigenvalue weighted by Crippen LogP contribution is -2.34. The van der Waals surface area contributed by atoms with Gasteiger partial charge in [0.05, 0.1) is 37.8 Å². The second kappa shape index (κ2) is 9.55. The van der Waals surface area contributed by atoms with Crippen molar-refractivity contribution < 1.29 is 20.4 Å². The predicted octanol–water partition coefficient (Wildman–Crippen LogP) is -0.731. The minimum absolute atomic E-state index is 0.00562. The first-order chi connectivity index (χ1) is 9.78. The molecule has 4 N–H and O–H groups in total. The van der Waals surface area contributed by atoms with Crippen LogP contribution in [0.25, 0.3) is 0 Å². The first-order valence-electron chi connectivity index (χ1n) is 6.80. The van der Waals surface area contributed by atoms with Crippen LogP contribution in [-0.2, 0) is 0 Å². The van der Waals surface area contributed by atoms with E-state index in [1.165, 1.54) is 0 Å². The van der Waals surface area contributed by atoms with Crippen LogP contribution >= 0.6 is 0 Å². The summed E-state index contributed by atoms with van der Waals surface area (Å²) in [4.78, 5) is 3.77. The summed E-state index contributed by atoms with van der Waals surface area (Å²) >= 11 is 0. The summed E-state index contributed by atoms with van der Waals surface area (Å²) in [5.74, 6) is 0. The Labute approximate surface area is 119 Å². The fraction of sp³-hybridized carbons (Fsp3) is 0.571. The normalized spacial score (nSPS) is 10.6. The van der Waals surface area contributed by atoms with Crippen molar-refractivity contribution >= 4 is 11.4 Å². The molecule has 6 heteroatoms. The summed E-state index contributed by atoms with van der Waals surface area (Å²) < 4.78 is 0. The molecule has 6 nitrogen and oxygen atoms in total. The molecule has 1 rings (SSSR count). The lowest BCUT2D eigenvalue weighted by Gasteiger charge is -2.31. The largest absolute Gasteiger partial charge is 0.395 e. The van der Waals surface area contributed by atoms with E-state index in [0.717, 1.165) is 11.4 Å². The molecule has 0 aliphatic carbocycles. The van der Waals surface area contributed by atoms with Gasteiger partial charge in [-0.15, -0.1) is 0 Å². The summed E-state index contributed by atoms with van der Waals surface area (Å²) in [5, 5.41) is 36.6. The van der Waals surface area contributed by atoms with Gasteiger partial charge in [-0.25, -0.2) is 0 Å². The Balaban J connectivity index is 3.04. The zero-order chi connectivity index (χ0) is 14.8. The highest BCUT2D eigenvalue weighted by Crippen LogP contribution is 2.28. The van der Waals surface area contributed by atoms with Gasteiger partial charge >= 0.3 is 0 Å². The van der Waals surface area contributed by atoms with Crippen molar-refractivity contribution in [3.63, 3.8) is 0 Å². The van der Waals surface area contributed by atoms with Crippen molar-refractivity contribution in [2.24, 2.45) is 0 Å². The van der Waals surface area contributed by atoms with Crippen LogP contribution in [0, 0.1) is 0 Å². The molecule has 0 aliphatic heterocycles. The van der Waals surface area contributed by atoms with E-state index < -0.39 is 0 Å². The van der Waals surface area contributed by atoms with Gasteiger partial charge in [0.1, 0.15) is 0 Å². The molecule has 20 heavy (non-hydrogen) atoms. The van der Waals surface area contributed by atoms with E-state index in [0.29, 0.717) is 26.2 Å². The molecule has 0 atom stereocenters. The van der Waals surface area contributed by atoms with Gasteiger partial charge in [-0.05, 0) is 12.1 Å². The van der Waals surface area contributed by atoms with Crippen molar-refractivity contribution in [3.05, 3.63) is 24.3 Å². The Hall–Kier alpha value is -1.34. The average Bonchev–Trinajstić information content (AvgIpc) is 2.47. The third-order valence-corrected chi connectivity index (χ3v) is 3.04. The summed E-state index contributed by atoms with van der Waals surface area (Å²) in [6.45, 7) is 1.66. The highest BCUT2D eigenvalue weighted by Gasteiger charge is 2.15. The van der Waals surface area contributed by atoms with Crippen LogP contribution in [0.2, 0.25) is 0 Å². The first kappa shape index (κ1) is 16.7. The lowest BCUT2D eigenvalue weighted by atomic mass is 10.2. The molecular weight excluding hydrogens is 260 g/mol. The van der Waals surface area contributed by atoms with Crippen LogP contribution in [0.1, 0.15) is 0 Å². The van der Waals surface area contributed by atoms with E-state index in [-0.39, 0.29) is 26.4 Å². The molecule has 114 valence electrons. The van der Waals surface area contributed by atoms with E-state index in [2.05, 4.69) is 0 Å². The van der Waals surface area contributed by atoms with Crippen LogP contribution < -0.4 is 9.80 Å². The van der Waals surface area contributed by atoms with E-state index in [1.807, 2.05) is 34.1 Å². The SMILES string of the molecule is OCCN(CCO)c1ccccc1N(CCO)CCO. The molecule has 0 bridgehead atoms. The Morgan fingerprint density at radius 3 is 1.15 bits per heavy atom. The van der Waals surface area contributed by atoms with E-state index in [9.17, 15) is 0 Å². The van der Waals surface area contributed by atoms with Gasteiger partial charge < -0.3 is 30.2 Å². The summed E-state index contributed by atoms with van der Waals surface area (Å²) in [6, 6.07) is 7.58. The van der Waals surface area contributed by atoms with Gasteiger partial charge in [0, 0.05) is 26.2 Å². The van der Waals surface area contributed by atoms with Crippen LogP contribution in [0.15, 0.2) is 24.3 Å². The fourth-order valence-corrected chi connectivity index (χ4v) is 2.19. The number of anilines is 2. The number of aliphatic hydroxyl groups is 4. The van der Waals surface area contributed by atoms with Crippen LogP contribution in [-0.4, -0.2) is 73.0 Å². The fourth-order valence-electron chi connectivity index (χ4n) is 2.19. The maximum atomic E-state index is 9.14. The van der Waals surface area contributed by atoms with Gasteiger partial charge in [-0.2, -0.15) is 0 Å². The number of rotatable bonds is 10. The third-order valence-electron chi connectivity index (χ3n) is 3.04. The second-order valence-electron chi connectivity index (χ2n) is 4.36. The average molecular weight is 284 g/mol. The van der Waals surface area contributed by atoms with Crippen molar-refractivity contribution in [1.29, 1.82) is 0 Å². The van der Waals surface area contributed by atoms with Gasteiger partial charge in [0.15, 0.2) is 0 Å². The topological polar surface area (TPSA) is 87.4 Å². The third kappa shape index (κ3) is 4.64. The molecule has 0 amide bonds. The summed E-state index contributed by atoms with van der Waals surface area (Å²) in [6.07, 6.45) is 0. The van der Waals surface area contributed by atoms with Gasteiger partial charge in [-0.1, -0.05) is 12.1 Å². The lowest BCUT2D eigenvalue weighted by molar-refractivity contribution is 0.278. The predicted molar refractivity (Wildman–Crippen MR) is 79.2 cm³/mol. The number of para-hydroxylation sites is 2. The zero-order valence-corrected chi connectivity index (χ0v) is 11.6. The Morgan fingerprint density at radius 2 is 0.900 bits per heavy atom. The highest BCUT2D eigenvalue weighted by atomic mass is 16.3. The molecule has 0 unspecified atom stereocenters. The molecular formula is C14H24N2O4. The molecule has 0 radical (unpaired) electrons. The maximum Gasteiger partial charge on any atom is 0.0606 e. The van der Waals surface area contributed by atoms with E-state index >= 15 is 0 Å². The van der Waals surface area contributed by atoms with Gasteiger partial charge in [-0.3, -0.25) is 0 Å². The van der Waals surface area contributed by atoms with Crippen molar-refractivity contribution in [1.82, 2.24) is 0 Å². The second-order valence-corrected chi connectivity index (χ2v) is 4.36. The van der Waals surface area contributed by atoms with Gasteiger partial charge in [0.2, 0.25) is 0 Å². The molecule has 1 aromatic rings. The standard InChI is InChI=1S/C14H24N2O4/c17-9-5-15(6-10-18)13-3-1-2-4-14(13)16(7-11-19)8-12-20/h1-4,17-20H,5-12H2. The smallest absolute Gasteiger partial charge is 0.0606 e. The molecule has 0 fully saturated rings. The van der Waals surface area contributed by atoms with Gasteiger partial charge in [0.25, 0.3) is 0 Å². The van der Waals surface area contributed by atoms with Crippen LogP contribution in [0.4, 0.5) is 11.4 Å². The van der Waals surface area contributed by atoms with Crippen molar-refractivity contribution in [2.45, 2.75) is 0 Å². The zero-order valence-electron chi connectivity index (χ0n) is 11.6. The summed E-state index contributed by atoms with van der Waals surface area (Å²) in [5.41, 5.74) is 1.75. The molecule has 0 heterocycles. The monoisotopic (exact) mass is 284 g/mol. The van der Waals surface area contributed by atoms with Crippen molar-refractivity contribution in [3.8, 4) is 0 Å². The molecule has 0 aliphatic rings. The Morgan fingerprint density at radius 1 is 0.600 bits per heavy atom. The molecule has 0 saturated carbocycles. The molecule has 0 saturated heterocycles. The first-order valence-corrected chi connectivity index (χ1v) is 6.80. The van der Waals surface area contributed by atoms with E-state index in [4.69, 9.17) is 20.4 Å². The number of benzene rings is 1. The van der Waals surface area contributed by atoms with Crippen molar-refractivity contribution in [2.75, 3.05) is 62.4 Å². The molecule has 0 aromatic heterocycles. The Kier molecular flexibility index (Phi) is 7.98. The highest BCUT2D eigenvalue weighted by molar-refractivity contribution is 5.71. The van der Waals surface area contributed by atoms with Crippen LogP contribution in [0.3, 0.4) is 0 Å². The quantitative estimate of drug-likeness (QED) is 0.453. The number of aliphatic hydroxyl groups excluding tert-OH is 4. The maximum absolute atomic E-state index is 9.14.